The monoisotopic (exact) mass is 249 g/mol. The first kappa shape index (κ1) is 16.0. The van der Waals surface area contributed by atoms with Crippen molar-refractivity contribution in [2.24, 2.45) is 21.7 Å². The van der Waals surface area contributed by atoms with Gasteiger partial charge in [-0.05, 0) is 17.7 Å². The van der Waals surface area contributed by atoms with Gasteiger partial charge < -0.3 is 17.3 Å². The number of anilines is 1. The van der Waals surface area contributed by atoms with Crippen LogP contribution in [0.4, 0.5) is 5.69 Å². The topological polar surface area (TPSA) is 103 Å². The lowest BCUT2D eigenvalue weighted by atomic mass is 10.2. The summed E-state index contributed by atoms with van der Waals surface area (Å²) in [6, 6.07) is 7.24. The van der Waals surface area contributed by atoms with Crippen LogP contribution in [0, 0.1) is 0 Å². The molecule has 7 heteroatoms. The summed E-state index contributed by atoms with van der Waals surface area (Å²) < 4.78 is 0. The van der Waals surface area contributed by atoms with Crippen LogP contribution in [0.1, 0.15) is 5.56 Å². The molecule has 1 aromatic rings. The molecule has 0 radical (unpaired) electrons. The number of nitrogens with zero attached hydrogens (tertiary/aromatic N) is 2. The summed E-state index contributed by atoms with van der Waals surface area (Å²) in [6.45, 7) is 0. The zero-order chi connectivity index (χ0) is 9.68. The normalized spacial score (nSPS) is 10.5. The summed E-state index contributed by atoms with van der Waals surface area (Å²) >= 11 is 0. The molecular formula is C8H13Cl2N5. The largest absolute Gasteiger partial charge is 0.399 e. The van der Waals surface area contributed by atoms with Gasteiger partial charge in [-0.15, -0.1) is 29.9 Å². The molecule has 0 saturated carbocycles. The van der Waals surface area contributed by atoms with Crippen molar-refractivity contribution in [3.05, 3.63) is 29.8 Å². The highest BCUT2D eigenvalue weighted by molar-refractivity contribution is 5.93. The molecule has 15 heavy (non-hydrogen) atoms. The standard InChI is InChI=1S/C8H11N5.2ClH/c9-7-3-1-2-6(4-7)5-12-8(10)13-11;;/h1-5H,9,11H2,(H2,10,13);2*1H. The van der Waals surface area contributed by atoms with Gasteiger partial charge in [-0.3, -0.25) is 0 Å². The minimum absolute atomic E-state index is 0. The Balaban J connectivity index is 0. The number of hydrogen-bond donors (Lipinski definition) is 3. The number of hydrogen-bond acceptors (Lipinski definition) is 3. The van der Waals surface area contributed by atoms with Gasteiger partial charge in [0.15, 0.2) is 0 Å². The maximum atomic E-state index is 5.55. The smallest absolute Gasteiger partial charge is 0.236 e. The summed E-state index contributed by atoms with van der Waals surface area (Å²) in [4.78, 5) is 3.78. The number of nitrogen functional groups attached to an aromatic ring is 1. The molecule has 1 rings (SSSR count). The van der Waals surface area contributed by atoms with Crippen LogP contribution in [0.2, 0.25) is 0 Å². The Kier molecular flexibility index (Phi) is 8.42. The molecule has 0 saturated heterocycles. The molecule has 0 spiro atoms. The molecule has 0 heterocycles. The highest BCUT2D eigenvalue weighted by atomic mass is 35.5. The first-order valence-electron chi connectivity index (χ1n) is 3.65. The molecule has 0 aliphatic carbocycles. The molecule has 0 unspecified atom stereocenters. The zero-order valence-corrected chi connectivity index (χ0v) is 9.46. The van der Waals surface area contributed by atoms with Crippen LogP contribution in [0.5, 0.6) is 0 Å². The summed E-state index contributed by atoms with van der Waals surface area (Å²) in [5.74, 6) is 4.92. The van der Waals surface area contributed by atoms with E-state index in [4.69, 9.17) is 17.3 Å². The maximum absolute atomic E-state index is 5.55. The molecule has 6 N–H and O–H groups in total. The second-order valence-corrected chi connectivity index (χ2v) is 2.42. The number of hydrazone groups is 1. The molecule has 0 fully saturated rings. The molecular weight excluding hydrogens is 237 g/mol. The minimum Gasteiger partial charge on any atom is -0.399 e. The van der Waals surface area contributed by atoms with E-state index >= 15 is 0 Å². The van der Waals surface area contributed by atoms with E-state index in [2.05, 4.69) is 10.1 Å². The molecule has 0 bridgehead atoms. The summed E-state index contributed by atoms with van der Waals surface area (Å²) in [5.41, 5.74) is 12.3. The maximum Gasteiger partial charge on any atom is 0.236 e. The van der Waals surface area contributed by atoms with Gasteiger partial charge in [0.2, 0.25) is 5.96 Å². The van der Waals surface area contributed by atoms with Crippen molar-refractivity contribution in [1.29, 1.82) is 0 Å². The molecule has 84 valence electrons. The van der Waals surface area contributed by atoms with E-state index in [-0.39, 0.29) is 30.8 Å². The van der Waals surface area contributed by atoms with Crippen molar-refractivity contribution >= 4 is 42.7 Å². The third-order valence-corrected chi connectivity index (χ3v) is 1.39. The van der Waals surface area contributed by atoms with Crippen molar-refractivity contribution < 1.29 is 0 Å². The summed E-state index contributed by atoms with van der Waals surface area (Å²) in [6.07, 6.45) is 1.54. The molecule has 0 aliphatic rings. The van der Waals surface area contributed by atoms with Crippen LogP contribution >= 0.6 is 24.8 Å². The fourth-order valence-electron chi connectivity index (χ4n) is 0.813. The Morgan fingerprint density at radius 3 is 2.47 bits per heavy atom. The van der Waals surface area contributed by atoms with E-state index in [0.29, 0.717) is 5.69 Å². The molecule has 0 amide bonds. The molecule has 0 aromatic heterocycles. The van der Waals surface area contributed by atoms with Crippen LogP contribution < -0.4 is 17.3 Å². The van der Waals surface area contributed by atoms with Gasteiger partial charge >= 0.3 is 0 Å². The van der Waals surface area contributed by atoms with Crippen LogP contribution in [0.25, 0.3) is 0 Å². The quantitative estimate of drug-likeness (QED) is 0.225. The zero-order valence-electron chi connectivity index (χ0n) is 7.83. The van der Waals surface area contributed by atoms with Gasteiger partial charge in [-0.1, -0.05) is 12.1 Å². The van der Waals surface area contributed by atoms with Gasteiger partial charge in [0.25, 0.3) is 0 Å². The Morgan fingerprint density at radius 1 is 1.27 bits per heavy atom. The van der Waals surface area contributed by atoms with E-state index in [0.717, 1.165) is 5.56 Å². The average Bonchev–Trinajstić information content (AvgIpc) is 2.14. The Morgan fingerprint density at radius 2 is 1.93 bits per heavy atom. The first-order valence-corrected chi connectivity index (χ1v) is 3.65. The second-order valence-electron chi connectivity index (χ2n) is 2.42. The average molecular weight is 250 g/mol. The lowest BCUT2D eigenvalue weighted by molar-refractivity contribution is 1.21. The van der Waals surface area contributed by atoms with E-state index in [1.165, 1.54) is 0 Å². The number of halogens is 2. The summed E-state index contributed by atoms with van der Waals surface area (Å²) in [7, 11) is 0. The molecule has 0 atom stereocenters. The van der Waals surface area contributed by atoms with Gasteiger partial charge in [-0.25, -0.2) is 4.99 Å². The second kappa shape index (κ2) is 7.90. The van der Waals surface area contributed by atoms with Gasteiger partial charge in [0.1, 0.15) is 0 Å². The molecule has 5 nitrogen and oxygen atoms in total. The van der Waals surface area contributed by atoms with Crippen LogP contribution in [0.15, 0.2) is 34.4 Å². The van der Waals surface area contributed by atoms with Crippen LogP contribution in [-0.2, 0) is 0 Å². The van der Waals surface area contributed by atoms with Crippen molar-refractivity contribution in [3.8, 4) is 0 Å². The van der Waals surface area contributed by atoms with E-state index in [9.17, 15) is 0 Å². The fourth-order valence-corrected chi connectivity index (χ4v) is 0.813. The van der Waals surface area contributed by atoms with Crippen LogP contribution in [0.3, 0.4) is 0 Å². The minimum atomic E-state index is 0. The third-order valence-electron chi connectivity index (χ3n) is 1.39. The van der Waals surface area contributed by atoms with Gasteiger partial charge in [0.05, 0.1) is 0 Å². The van der Waals surface area contributed by atoms with Gasteiger partial charge in [-0.2, -0.15) is 0 Å². The SMILES string of the molecule is Cl.Cl.NN=C(N)N=Cc1cccc(N)c1. The fraction of sp³-hybridized carbons (Fsp3) is 0. The number of guanidine groups is 1. The highest BCUT2D eigenvalue weighted by Gasteiger charge is 1.88. The lowest BCUT2D eigenvalue weighted by Crippen LogP contribution is -2.10. The number of benzene rings is 1. The van der Waals surface area contributed by atoms with Crippen molar-refractivity contribution in [1.82, 2.24) is 0 Å². The van der Waals surface area contributed by atoms with Crippen molar-refractivity contribution in [3.63, 3.8) is 0 Å². The number of nitrogens with two attached hydrogens (primary N) is 3. The Labute approximate surface area is 100 Å². The Bertz CT molecular complexity index is 351. The Hall–Kier alpha value is -1.46. The first-order chi connectivity index (χ1) is 6.22. The van der Waals surface area contributed by atoms with Crippen LogP contribution in [-0.4, -0.2) is 12.2 Å². The third kappa shape index (κ3) is 5.77. The predicted molar refractivity (Wildman–Crippen MR) is 68.8 cm³/mol. The number of rotatable bonds is 1. The lowest BCUT2D eigenvalue weighted by Gasteiger charge is -1.94. The number of aliphatic imine (C=N–C) groups is 1. The van der Waals surface area contributed by atoms with Crippen molar-refractivity contribution in [2.45, 2.75) is 0 Å². The van der Waals surface area contributed by atoms with E-state index < -0.39 is 0 Å². The van der Waals surface area contributed by atoms with E-state index in [1.54, 1.807) is 18.3 Å². The van der Waals surface area contributed by atoms with Gasteiger partial charge in [0, 0.05) is 11.9 Å². The molecule has 1 aromatic carbocycles. The van der Waals surface area contributed by atoms with E-state index in [1.807, 2.05) is 12.1 Å². The van der Waals surface area contributed by atoms with Crippen molar-refractivity contribution in [2.75, 3.05) is 5.73 Å². The highest BCUT2D eigenvalue weighted by Crippen LogP contribution is 2.03. The predicted octanol–water partition coefficient (Wildman–Crippen LogP) is 0.720. The molecule has 0 aliphatic heterocycles. The summed E-state index contributed by atoms with van der Waals surface area (Å²) in [5, 5.41) is 3.19.